The van der Waals surface area contributed by atoms with Gasteiger partial charge in [-0.15, -0.1) is 24.0 Å². The number of likely N-dealkylation sites (tertiary alicyclic amines) is 1. The van der Waals surface area contributed by atoms with Gasteiger partial charge in [0.05, 0.1) is 5.52 Å². The first-order chi connectivity index (χ1) is 12.1. The molecule has 0 saturated carbocycles. The highest BCUT2D eigenvalue weighted by atomic mass is 127. The topological polar surface area (TPSA) is 52.6 Å². The summed E-state index contributed by atoms with van der Waals surface area (Å²) in [4.78, 5) is 11.4. The number of rotatable bonds is 4. The number of benzene rings is 1. The van der Waals surface area contributed by atoms with Crippen molar-refractivity contribution in [3.63, 3.8) is 0 Å². The molecule has 1 saturated heterocycles. The largest absolute Gasteiger partial charge is 0.352 e. The van der Waals surface area contributed by atoms with E-state index in [4.69, 9.17) is 0 Å². The molecule has 1 aromatic heterocycles. The van der Waals surface area contributed by atoms with Gasteiger partial charge in [-0.3, -0.25) is 14.9 Å². The number of fused-ring (bicyclic) bond motifs is 1. The van der Waals surface area contributed by atoms with Crippen molar-refractivity contribution >= 4 is 40.8 Å². The Labute approximate surface area is 173 Å². The summed E-state index contributed by atoms with van der Waals surface area (Å²) in [7, 11) is 1.83. The molecule has 0 radical (unpaired) electrons. The predicted molar refractivity (Wildman–Crippen MR) is 120 cm³/mol. The minimum absolute atomic E-state index is 0. The number of nitrogens with one attached hydrogen (secondary N) is 2. The van der Waals surface area contributed by atoms with E-state index in [1.807, 2.05) is 25.4 Å². The Bertz CT molecular complexity index is 741. The number of hydrogen-bond donors (Lipinski definition) is 2. The molecule has 3 rings (SSSR count). The molecule has 2 unspecified atom stereocenters. The lowest BCUT2D eigenvalue weighted by atomic mass is 10.1. The van der Waals surface area contributed by atoms with E-state index in [2.05, 4.69) is 64.5 Å². The Morgan fingerprint density at radius 2 is 2.04 bits per heavy atom. The molecule has 2 N–H and O–H groups in total. The van der Waals surface area contributed by atoms with Crippen LogP contribution in [0.15, 0.2) is 41.5 Å². The zero-order valence-electron chi connectivity index (χ0n) is 16.1. The molecule has 2 atom stereocenters. The molecule has 1 aliphatic heterocycles. The van der Waals surface area contributed by atoms with Gasteiger partial charge in [-0.25, -0.2) is 0 Å². The number of aromatic nitrogens is 1. The van der Waals surface area contributed by atoms with Crippen molar-refractivity contribution in [2.45, 2.75) is 39.4 Å². The van der Waals surface area contributed by atoms with E-state index in [-0.39, 0.29) is 24.0 Å². The molecule has 26 heavy (non-hydrogen) atoms. The van der Waals surface area contributed by atoms with Crippen molar-refractivity contribution in [2.75, 3.05) is 20.1 Å². The quantitative estimate of drug-likeness (QED) is 0.412. The summed E-state index contributed by atoms with van der Waals surface area (Å²) in [5.74, 6) is 1.48. The number of para-hydroxylation sites is 1. The van der Waals surface area contributed by atoms with E-state index in [0.29, 0.717) is 18.0 Å². The summed E-state index contributed by atoms with van der Waals surface area (Å²) in [5.41, 5.74) is 2.26. The van der Waals surface area contributed by atoms with Gasteiger partial charge in [0.1, 0.15) is 0 Å². The van der Waals surface area contributed by atoms with Crippen molar-refractivity contribution < 1.29 is 0 Å². The van der Waals surface area contributed by atoms with Crippen LogP contribution in [-0.2, 0) is 6.54 Å². The van der Waals surface area contributed by atoms with E-state index in [1.54, 1.807) is 0 Å². The smallest absolute Gasteiger partial charge is 0.191 e. The monoisotopic (exact) mass is 467 g/mol. The van der Waals surface area contributed by atoms with Crippen LogP contribution in [0.2, 0.25) is 0 Å². The maximum atomic E-state index is 4.43. The lowest BCUT2D eigenvalue weighted by molar-refractivity contribution is 0.265. The number of guanidine groups is 1. The zero-order valence-corrected chi connectivity index (χ0v) is 18.4. The standard InChI is InChI=1S/C20H29N5.HI/c1-14(2)25-12-15(3)19(13-25)24-20(21-4)23-11-16-9-10-22-18-8-6-5-7-17(16)18;/h5-10,14-15,19H,11-13H2,1-4H3,(H2,21,23,24);1H. The molecule has 1 aromatic carbocycles. The summed E-state index contributed by atoms with van der Waals surface area (Å²) in [6, 6.07) is 11.3. The van der Waals surface area contributed by atoms with E-state index in [9.17, 15) is 0 Å². The first-order valence-corrected chi connectivity index (χ1v) is 9.12. The van der Waals surface area contributed by atoms with Crippen LogP contribution in [0.3, 0.4) is 0 Å². The van der Waals surface area contributed by atoms with Crippen LogP contribution >= 0.6 is 24.0 Å². The van der Waals surface area contributed by atoms with Gasteiger partial charge in [0.15, 0.2) is 5.96 Å². The van der Waals surface area contributed by atoms with E-state index in [1.165, 1.54) is 10.9 Å². The third-order valence-corrected chi connectivity index (χ3v) is 5.10. The molecule has 0 bridgehead atoms. The Morgan fingerprint density at radius 1 is 1.27 bits per heavy atom. The fourth-order valence-electron chi connectivity index (χ4n) is 3.47. The molecule has 142 valence electrons. The molecule has 2 aromatic rings. The first-order valence-electron chi connectivity index (χ1n) is 9.12. The van der Waals surface area contributed by atoms with Crippen molar-refractivity contribution in [3.05, 3.63) is 42.1 Å². The van der Waals surface area contributed by atoms with Crippen LogP contribution in [-0.4, -0.2) is 48.1 Å². The maximum Gasteiger partial charge on any atom is 0.191 e. The maximum absolute atomic E-state index is 4.43. The second-order valence-corrected chi connectivity index (χ2v) is 7.19. The van der Waals surface area contributed by atoms with Crippen LogP contribution in [0, 0.1) is 5.92 Å². The Kier molecular flexibility index (Phi) is 7.64. The third kappa shape index (κ3) is 4.85. The lowest BCUT2D eigenvalue weighted by Gasteiger charge is -2.22. The van der Waals surface area contributed by atoms with Gasteiger partial charge in [-0.05, 0) is 37.5 Å². The van der Waals surface area contributed by atoms with Gasteiger partial charge in [-0.2, -0.15) is 0 Å². The van der Waals surface area contributed by atoms with Crippen LogP contribution in [0.4, 0.5) is 0 Å². The van der Waals surface area contributed by atoms with Gasteiger partial charge in [0, 0.05) is 50.3 Å². The highest BCUT2D eigenvalue weighted by molar-refractivity contribution is 14.0. The lowest BCUT2D eigenvalue weighted by Crippen LogP contribution is -2.46. The van der Waals surface area contributed by atoms with E-state index in [0.717, 1.165) is 31.1 Å². The third-order valence-electron chi connectivity index (χ3n) is 5.10. The number of pyridine rings is 1. The highest BCUT2D eigenvalue weighted by Crippen LogP contribution is 2.19. The summed E-state index contributed by atoms with van der Waals surface area (Å²) < 4.78 is 0. The average Bonchev–Trinajstić information content (AvgIpc) is 2.99. The van der Waals surface area contributed by atoms with Crippen LogP contribution in [0.5, 0.6) is 0 Å². The minimum Gasteiger partial charge on any atom is -0.352 e. The van der Waals surface area contributed by atoms with E-state index < -0.39 is 0 Å². The number of aliphatic imine (C=N–C) groups is 1. The van der Waals surface area contributed by atoms with Crippen molar-refractivity contribution in [2.24, 2.45) is 10.9 Å². The van der Waals surface area contributed by atoms with Gasteiger partial charge >= 0.3 is 0 Å². The van der Waals surface area contributed by atoms with Gasteiger partial charge < -0.3 is 10.6 Å². The summed E-state index contributed by atoms with van der Waals surface area (Å²) in [6.45, 7) is 9.77. The average molecular weight is 467 g/mol. The molecular weight excluding hydrogens is 437 g/mol. The van der Waals surface area contributed by atoms with Crippen LogP contribution in [0.25, 0.3) is 10.9 Å². The molecular formula is C20H30IN5. The molecule has 2 heterocycles. The molecule has 6 heteroatoms. The van der Waals surface area contributed by atoms with Gasteiger partial charge in [-0.1, -0.05) is 25.1 Å². The summed E-state index contributed by atoms with van der Waals surface area (Å²) in [6.07, 6.45) is 1.87. The molecule has 0 spiro atoms. The summed E-state index contributed by atoms with van der Waals surface area (Å²) >= 11 is 0. The normalized spacial score (nSPS) is 21.0. The minimum atomic E-state index is 0. The number of hydrogen-bond acceptors (Lipinski definition) is 3. The fourth-order valence-corrected chi connectivity index (χ4v) is 3.47. The molecule has 0 aliphatic carbocycles. The van der Waals surface area contributed by atoms with Crippen molar-refractivity contribution in [1.82, 2.24) is 20.5 Å². The second kappa shape index (κ2) is 9.50. The Morgan fingerprint density at radius 3 is 2.73 bits per heavy atom. The van der Waals surface area contributed by atoms with Crippen molar-refractivity contribution in [3.8, 4) is 0 Å². The van der Waals surface area contributed by atoms with E-state index >= 15 is 0 Å². The van der Waals surface area contributed by atoms with Crippen LogP contribution in [0.1, 0.15) is 26.3 Å². The Hall–Kier alpha value is -1.41. The Balaban J connectivity index is 0.00000243. The fraction of sp³-hybridized carbons (Fsp3) is 0.500. The number of nitrogens with zero attached hydrogens (tertiary/aromatic N) is 3. The molecule has 0 amide bonds. The van der Waals surface area contributed by atoms with Gasteiger partial charge in [0.2, 0.25) is 0 Å². The predicted octanol–water partition coefficient (Wildman–Crippen LogP) is 3.25. The summed E-state index contributed by atoms with van der Waals surface area (Å²) in [5, 5.41) is 8.25. The van der Waals surface area contributed by atoms with Gasteiger partial charge in [0.25, 0.3) is 0 Å². The zero-order chi connectivity index (χ0) is 17.8. The second-order valence-electron chi connectivity index (χ2n) is 7.19. The molecule has 5 nitrogen and oxygen atoms in total. The van der Waals surface area contributed by atoms with Crippen LogP contribution < -0.4 is 10.6 Å². The molecule has 1 fully saturated rings. The SMILES string of the molecule is CN=C(NCc1ccnc2ccccc12)NC1CN(C(C)C)CC1C.I. The highest BCUT2D eigenvalue weighted by Gasteiger charge is 2.31. The van der Waals surface area contributed by atoms with Crippen molar-refractivity contribution in [1.29, 1.82) is 0 Å². The molecule has 1 aliphatic rings. The number of halogens is 1. The first kappa shape index (κ1) is 20.9.